The standard InChI is InChI=1S/C11H17ClN4O2S3/c1-6(2)3-9-15-16-11(20-9)14-10(19)13-8-5-21(17,18)4-7(8)12/h6-8H,3-5H2,1-2H3,(H2,13,14,16,19)/t7-,8+/m1/s1. The highest BCUT2D eigenvalue weighted by Gasteiger charge is 2.36. The molecule has 0 aromatic carbocycles. The lowest BCUT2D eigenvalue weighted by atomic mass is 10.1. The number of rotatable bonds is 4. The van der Waals surface area contributed by atoms with Crippen molar-refractivity contribution in [2.24, 2.45) is 5.92 Å². The molecule has 10 heteroatoms. The monoisotopic (exact) mass is 368 g/mol. The van der Waals surface area contributed by atoms with Crippen molar-refractivity contribution in [2.45, 2.75) is 31.7 Å². The average molecular weight is 369 g/mol. The minimum absolute atomic E-state index is 0.00228. The molecule has 0 radical (unpaired) electrons. The van der Waals surface area contributed by atoms with Gasteiger partial charge < -0.3 is 10.6 Å². The van der Waals surface area contributed by atoms with Crippen molar-refractivity contribution in [1.29, 1.82) is 0 Å². The maximum absolute atomic E-state index is 11.5. The highest BCUT2D eigenvalue weighted by molar-refractivity contribution is 7.91. The van der Waals surface area contributed by atoms with Crippen molar-refractivity contribution in [3.05, 3.63) is 5.01 Å². The molecule has 2 N–H and O–H groups in total. The number of sulfone groups is 1. The van der Waals surface area contributed by atoms with Gasteiger partial charge in [0.2, 0.25) is 5.13 Å². The lowest BCUT2D eigenvalue weighted by molar-refractivity contribution is 0.600. The Morgan fingerprint density at radius 1 is 1.48 bits per heavy atom. The van der Waals surface area contributed by atoms with Crippen molar-refractivity contribution in [2.75, 3.05) is 16.8 Å². The molecule has 21 heavy (non-hydrogen) atoms. The van der Waals surface area contributed by atoms with Gasteiger partial charge in [0.1, 0.15) is 5.01 Å². The Hall–Kier alpha value is -0.510. The average Bonchev–Trinajstić information content (AvgIpc) is 2.82. The summed E-state index contributed by atoms with van der Waals surface area (Å²) >= 11 is 12.6. The van der Waals surface area contributed by atoms with Crippen LogP contribution >= 0.6 is 35.2 Å². The molecule has 0 amide bonds. The summed E-state index contributed by atoms with van der Waals surface area (Å²) in [6.45, 7) is 4.23. The van der Waals surface area contributed by atoms with Crippen LogP contribution < -0.4 is 10.6 Å². The van der Waals surface area contributed by atoms with Gasteiger partial charge in [0.15, 0.2) is 14.9 Å². The van der Waals surface area contributed by atoms with Crippen LogP contribution in [0, 0.1) is 5.92 Å². The van der Waals surface area contributed by atoms with E-state index in [1.807, 2.05) is 0 Å². The van der Waals surface area contributed by atoms with E-state index in [1.165, 1.54) is 11.3 Å². The van der Waals surface area contributed by atoms with Crippen LogP contribution in [0.2, 0.25) is 0 Å². The van der Waals surface area contributed by atoms with Crippen LogP contribution in [-0.4, -0.2) is 46.7 Å². The molecule has 0 saturated carbocycles. The number of halogens is 1. The van der Waals surface area contributed by atoms with E-state index in [1.54, 1.807) is 0 Å². The number of hydrogen-bond acceptors (Lipinski definition) is 6. The van der Waals surface area contributed by atoms with Crippen LogP contribution in [0.15, 0.2) is 0 Å². The van der Waals surface area contributed by atoms with Crippen LogP contribution in [0.5, 0.6) is 0 Å². The molecule has 1 aliphatic heterocycles. The highest BCUT2D eigenvalue weighted by Crippen LogP contribution is 2.20. The largest absolute Gasteiger partial charge is 0.357 e. The lowest BCUT2D eigenvalue weighted by Crippen LogP contribution is -2.42. The van der Waals surface area contributed by atoms with E-state index in [0.29, 0.717) is 16.2 Å². The van der Waals surface area contributed by atoms with Gasteiger partial charge in [0.25, 0.3) is 0 Å². The summed E-state index contributed by atoms with van der Waals surface area (Å²) in [5.74, 6) is 0.487. The Morgan fingerprint density at radius 2 is 2.19 bits per heavy atom. The summed E-state index contributed by atoms with van der Waals surface area (Å²) in [6.07, 6.45) is 0.865. The topological polar surface area (TPSA) is 84.0 Å². The molecule has 0 aliphatic carbocycles. The van der Waals surface area contributed by atoms with Crippen LogP contribution in [0.3, 0.4) is 0 Å². The maximum Gasteiger partial charge on any atom is 0.211 e. The lowest BCUT2D eigenvalue weighted by Gasteiger charge is -2.16. The Labute approximate surface area is 138 Å². The van der Waals surface area contributed by atoms with Crippen LogP contribution in [0.25, 0.3) is 0 Å². The second-order valence-electron chi connectivity index (χ2n) is 5.40. The summed E-state index contributed by atoms with van der Waals surface area (Å²) in [7, 11) is -3.08. The molecule has 118 valence electrons. The fourth-order valence-electron chi connectivity index (χ4n) is 1.97. The fraction of sp³-hybridized carbons (Fsp3) is 0.727. The molecule has 2 heterocycles. The van der Waals surface area contributed by atoms with E-state index < -0.39 is 15.2 Å². The number of nitrogens with one attached hydrogen (secondary N) is 2. The molecule has 1 fully saturated rings. The predicted molar refractivity (Wildman–Crippen MR) is 89.9 cm³/mol. The van der Waals surface area contributed by atoms with Crippen molar-refractivity contribution in [1.82, 2.24) is 15.5 Å². The number of nitrogens with zero attached hydrogens (tertiary/aromatic N) is 2. The number of hydrogen-bond donors (Lipinski definition) is 2. The summed E-state index contributed by atoms with van der Waals surface area (Å²) in [5.41, 5.74) is 0. The Balaban J connectivity index is 1.89. The number of thiocarbonyl (C=S) groups is 1. The van der Waals surface area contributed by atoms with Crippen molar-refractivity contribution < 1.29 is 8.42 Å². The van der Waals surface area contributed by atoms with Gasteiger partial charge in [0.05, 0.1) is 22.9 Å². The van der Waals surface area contributed by atoms with Gasteiger partial charge in [-0.3, -0.25) is 0 Å². The molecule has 1 aromatic rings. The van der Waals surface area contributed by atoms with Gasteiger partial charge in [-0.2, -0.15) is 0 Å². The van der Waals surface area contributed by atoms with Gasteiger partial charge in [-0.05, 0) is 18.1 Å². The van der Waals surface area contributed by atoms with E-state index in [-0.39, 0.29) is 17.5 Å². The summed E-state index contributed by atoms with van der Waals surface area (Å²) in [4.78, 5) is 0. The van der Waals surface area contributed by atoms with E-state index >= 15 is 0 Å². The van der Waals surface area contributed by atoms with Crippen molar-refractivity contribution >= 4 is 55.2 Å². The van der Waals surface area contributed by atoms with Crippen LogP contribution in [0.1, 0.15) is 18.9 Å². The second kappa shape index (κ2) is 6.72. The third-order valence-corrected chi connectivity index (χ3v) is 6.33. The summed E-state index contributed by atoms with van der Waals surface area (Å²) < 4.78 is 23.0. The SMILES string of the molecule is CC(C)Cc1nnc(NC(=S)N[C@H]2CS(=O)(=O)C[C@H]2Cl)s1. The van der Waals surface area contributed by atoms with Crippen molar-refractivity contribution in [3.63, 3.8) is 0 Å². The van der Waals surface area contributed by atoms with Gasteiger partial charge in [-0.1, -0.05) is 25.2 Å². The van der Waals surface area contributed by atoms with Crippen LogP contribution in [0.4, 0.5) is 5.13 Å². The van der Waals surface area contributed by atoms with Crippen molar-refractivity contribution in [3.8, 4) is 0 Å². The first-order valence-electron chi connectivity index (χ1n) is 6.49. The summed E-state index contributed by atoms with van der Waals surface area (Å²) in [5, 5.41) is 15.3. The molecule has 6 nitrogen and oxygen atoms in total. The first kappa shape index (κ1) is 16.9. The molecule has 1 saturated heterocycles. The first-order chi connectivity index (χ1) is 9.75. The van der Waals surface area contributed by atoms with E-state index in [4.69, 9.17) is 23.8 Å². The van der Waals surface area contributed by atoms with Gasteiger partial charge in [0, 0.05) is 6.42 Å². The number of anilines is 1. The number of alkyl halides is 1. The normalized spacial score (nSPS) is 24.2. The predicted octanol–water partition coefficient (Wildman–Crippen LogP) is 1.43. The molecule has 2 atom stereocenters. The molecule has 0 unspecified atom stereocenters. The fourth-order valence-corrected chi connectivity index (χ4v) is 5.79. The maximum atomic E-state index is 11.5. The molecule has 0 spiro atoms. The summed E-state index contributed by atoms with van der Waals surface area (Å²) in [6, 6.07) is -0.375. The minimum Gasteiger partial charge on any atom is -0.357 e. The third kappa shape index (κ3) is 5.01. The molecular formula is C11H17ClN4O2S3. The quantitative estimate of drug-likeness (QED) is 0.614. The first-order valence-corrected chi connectivity index (χ1v) is 9.98. The smallest absolute Gasteiger partial charge is 0.211 e. The molecule has 1 aromatic heterocycles. The van der Waals surface area contributed by atoms with Crippen LogP contribution in [-0.2, 0) is 16.3 Å². The number of aromatic nitrogens is 2. The van der Waals surface area contributed by atoms with Gasteiger partial charge in [-0.25, -0.2) is 8.42 Å². The highest BCUT2D eigenvalue weighted by atomic mass is 35.5. The van der Waals surface area contributed by atoms with E-state index in [9.17, 15) is 8.42 Å². The zero-order valence-corrected chi connectivity index (χ0v) is 14.9. The Bertz CT molecular complexity index is 617. The van der Waals surface area contributed by atoms with Gasteiger partial charge in [-0.15, -0.1) is 21.8 Å². The Morgan fingerprint density at radius 3 is 2.76 bits per heavy atom. The van der Waals surface area contributed by atoms with Gasteiger partial charge >= 0.3 is 0 Å². The zero-order valence-electron chi connectivity index (χ0n) is 11.7. The minimum atomic E-state index is -3.08. The Kier molecular flexibility index (Phi) is 5.39. The molecule has 1 aliphatic rings. The van der Waals surface area contributed by atoms with E-state index in [0.717, 1.165) is 11.4 Å². The zero-order chi connectivity index (χ0) is 15.6. The van der Waals surface area contributed by atoms with E-state index in [2.05, 4.69) is 34.7 Å². The second-order valence-corrected chi connectivity index (χ2v) is 9.58. The molecular weight excluding hydrogens is 352 g/mol. The molecule has 2 rings (SSSR count). The third-order valence-electron chi connectivity index (χ3n) is 2.87. The molecule has 0 bridgehead atoms.